The number of methoxy groups -OCH3 is 1. The van der Waals surface area contributed by atoms with E-state index in [1.54, 1.807) is 12.1 Å². The van der Waals surface area contributed by atoms with E-state index in [0.717, 1.165) is 12.1 Å². The van der Waals surface area contributed by atoms with Crippen molar-refractivity contribution in [1.29, 1.82) is 0 Å². The first-order valence-electron chi connectivity index (χ1n) is 7.04. The number of benzene rings is 2. The van der Waals surface area contributed by atoms with Gasteiger partial charge in [-0.1, -0.05) is 16.8 Å². The monoisotopic (exact) mass is 364 g/mol. The molecule has 8 heteroatoms. The summed E-state index contributed by atoms with van der Waals surface area (Å²) in [6.07, 6.45) is 1.18. The van der Waals surface area contributed by atoms with Crippen LogP contribution in [0.25, 0.3) is 11.3 Å². The van der Waals surface area contributed by atoms with Gasteiger partial charge >= 0.3 is 0 Å². The van der Waals surface area contributed by atoms with Crippen LogP contribution in [0.4, 0.5) is 14.5 Å². The fourth-order valence-electron chi connectivity index (χ4n) is 2.21. The molecule has 0 aliphatic rings. The number of aromatic nitrogens is 1. The average Bonchev–Trinajstić information content (AvgIpc) is 3.07. The van der Waals surface area contributed by atoms with E-state index in [9.17, 15) is 13.6 Å². The second kappa shape index (κ2) is 6.90. The van der Waals surface area contributed by atoms with Gasteiger partial charge < -0.3 is 14.6 Å². The van der Waals surface area contributed by atoms with Crippen molar-refractivity contribution in [2.24, 2.45) is 0 Å². The van der Waals surface area contributed by atoms with Gasteiger partial charge in [0.25, 0.3) is 5.91 Å². The van der Waals surface area contributed by atoms with Crippen LogP contribution in [0.15, 0.2) is 47.1 Å². The van der Waals surface area contributed by atoms with Crippen LogP contribution in [0.5, 0.6) is 5.75 Å². The van der Waals surface area contributed by atoms with Crippen LogP contribution in [0, 0.1) is 11.6 Å². The normalized spacial score (nSPS) is 10.6. The van der Waals surface area contributed by atoms with Crippen LogP contribution in [0.2, 0.25) is 5.02 Å². The van der Waals surface area contributed by atoms with Crippen molar-refractivity contribution in [1.82, 2.24) is 5.16 Å². The lowest BCUT2D eigenvalue weighted by atomic mass is 10.1. The zero-order valence-electron chi connectivity index (χ0n) is 12.8. The fraction of sp³-hybridized carbons (Fsp3) is 0.0588. The van der Waals surface area contributed by atoms with Crippen LogP contribution in [-0.2, 0) is 0 Å². The molecule has 0 saturated heterocycles. The molecule has 1 heterocycles. The number of carbonyl (C=O) groups is 1. The maximum Gasteiger partial charge on any atom is 0.261 e. The lowest BCUT2D eigenvalue weighted by Crippen LogP contribution is -2.13. The SMILES string of the molecule is COc1ccc(Cl)cc1NC(=O)c1cnoc1-c1ccc(F)c(F)c1. The first-order valence-corrected chi connectivity index (χ1v) is 7.42. The maximum atomic E-state index is 13.4. The number of hydrogen-bond acceptors (Lipinski definition) is 4. The Morgan fingerprint density at radius 1 is 1.20 bits per heavy atom. The average molecular weight is 365 g/mol. The molecular weight excluding hydrogens is 354 g/mol. The van der Waals surface area contributed by atoms with Crippen molar-refractivity contribution < 1.29 is 22.8 Å². The molecule has 0 fully saturated rings. The van der Waals surface area contributed by atoms with Gasteiger partial charge in [-0.25, -0.2) is 8.78 Å². The molecule has 1 amide bonds. The van der Waals surface area contributed by atoms with Crippen LogP contribution < -0.4 is 10.1 Å². The van der Waals surface area contributed by atoms with E-state index in [-0.39, 0.29) is 16.9 Å². The van der Waals surface area contributed by atoms with E-state index in [2.05, 4.69) is 10.5 Å². The minimum absolute atomic E-state index is 0.0115. The highest BCUT2D eigenvalue weighted by atomic mass is 35.5. The molecule has 2 aromatic carbocycles. The molecule has 0 unspecified atom stereocenters. The number of hydrogen-bond donors (Lipinski definition) is 1. The summed E-state index contributed by atoms with van der Waals surface area (Å²) >= 11 is 5.93. The third-order valence-electron chi connectivity index (χ3n) is 3.41. The molecule has 1 aromatic heterocycles. The number of amides is 1. The predicted molar refractivity (Wildman–Crippen MR) is 87.8 cm³/mol. The Labute approximate surface area is 146 Å². The molecule has 0 spiro atoms. The van der Waals surface area contributed by atoms with Crippen molar-refractivity contribution in [3.8, 4) is 17.1 Å². The second-order valence-electron chi connectivity index (χ2n) is 5.00. The molecule has 0 aliphatic carbocycles. The van der Waals surface area contributed by atoms with E-state index in [0.29, 0.717) is 16.5 Å². The van der Waals surface area contributed by atoms with Crippen molar-refractivity contribution >= 4 is 23.2 Å². The number of nitrogens with one attached hydrogen (secondary N) is 1. The zero-order chi connectivity index (χ0) is 18.0. The van der Waals surface area contributed by atoms with Gasteiger partial charge in [0, 0.05) is 10.6 Å². The summed E-state index contributed by atoms with van der Waals surface area (Å²) in [4.78, 5) is 12.5. The first-order chi connectivity index (χ1) is 12.0. The maximum absolute atomic E-state index is 13.4. The number of anilines is 1. The number of ether oxygens (including phenoxy) is 1. The third-order valence-corrected chi connectivity index (χ3v) is 3.64. The lowest BCUT2D eigenvalue weighted by molar-refractivity contribution is 0.102. The molecule has 1 N–H and O–H groups in total. The number of carbonyl (C=O) groups excluding carboxylic acids is 1. The van der Waals surface area contributed by atoms with Crippen LogP contribution in [0.3, 0.4) is 0 Å². The molecule has 5 nitrogen and oxygen atoms in total. The van der Waals surface area contributed by atoms with E-state index in [1.165, 1.54) is 25.4 Å². The number of nitrogens with zero attached hydrogens (tertiary/aromatic N) is 1. The Hall–Kier alpha value is -2.93. The second-order valence-corrected chi connectivity index (χ2v) is 5.43. The van der Waals surface area contributed by atoms with Gasteiger partial charge in [0.2, 0.25) is 0 Å². The van der Waals surface area contributed by atoms with Gasteiger partial charge in [0.05, 0.1) is 19.0 Å². The smallest absolute Gasteiger partial charge is 0.261 e. The predicted octanol–water partition coefficient (Wildman–Crippen LogP) is 4.53. The molecule has 0 radical (unpaired) electrons. The summed E-state index contributed by atoms with van der Waals surface area (Å²) in [6.45, 7) is 0. The Bertz CT molecular complexity index is 943. The first kappa shape index (κ1) is 16.9. The molecule has 3 rings (SSSR count). The quantitative estimate of drug-likeness (QED) is 0.738. The molecule has 0 saturated carbocycles. The Morgan fingerprint density at radius 2 is 2.00 bits per heavy atom. The Morgan fingerprint density at radius 3 is 2.72 bits per heavy atom. The van der Waals surface area contributed by atoms with Gasteiger partial charge in [-0.3, -0.25) is 4.79 Å². The summed E-state index contributed by atoms with van der Waals surface area (Å²) in [7, 11) is 1.45. The molecule has 0 atom stereocenters. The van der Waals surface area contributed by atoms with Crippen molar-refractivity contribution in [3.05, 3.63) is 64.8 Å². The molecule has 0 bridgehead atoms. The van der Waals surface area contributed by atoms with Crippen molar-refractivity contribution in [2.75, 3.05) is 12.4 Å². The van der Waals surface area contributed by atoms with Gasteiger partial charge in [-0.05, 0) is 36.4 Å². The topological polar surface area (TPSA) is 64.4 Å². The summed E-state index contributed by atoms with van der Waals surface area (Å²) in [6, 6.07) is 7.88. The zero-order valence-corrected chi connectivity index (χ0v) is 13.6. The van der Waals surface area contributed by atoms with Crippen LogP contribution >= 0.6 is 11.6 Å². The summed E-state index contributed by atoms with van der Waals surface area (Å²) in [5, 5.41) is 6.59. The van der Waals surface area contributed by atoms with E-state index >= 15 is 0 Å². The highest BCUT2D eigenvalue weighted by Gasteiger charge is 2.20. The largest absolute Gasteiger partial charge is 0.495 e. The standard InChI is InChI=1S/C17H11ClF2N2O3/c1-24-15-5-3-10(18)7-14(15)22-17(23)11-8-21-25-16(11)9-2-4-12(19)13(20)6-9/h2-8H,1H3,(H,22,23). The molecule has 3 aromatic rings. The number of rotatable bonds is 4. The molecular formula is C17H11ClF2N2O3. The van der Waals surface area contributed by atoms with E-state index in [1.807, 2.05) is 0 Å². The molecule has 25 heavy (non-hydrogen) atoms. The van der Waals surface area contributed by atoms with Crippen LogP contribution in [0.1, 0.15) is 10.4 Å². The number of halogens is 3. The van der Waals surface area contributed by atoms with Gasteiger partial charge in [0.1, 0.15) is 11.3 Å². The fourth-order valence-corrected chi connectivity index (χ4v) is 2.39. The Balaban J connectivity index is 1.93. The molecule has 128 valence electrons. The van der Waals surface area contributed by atoms with Crippen molar-refractivity contribution in [2.45, 2.75) is 0 Å². The minimum Gasteiger partial charge on any atom is -0.495 e. The van der Waals surface area contributed by atoms with Gasteiger partial charge in [-0.15, -0.1) is 0 Å². The lowest BCUT2D eigenvalue weighted by Gasteiger charge is -2.10. The minimum atomic E-state index is -1.06. The summed E-state index contributed by atoms with van der Waals surface area (Å²) in [5.74, 6) is -2.21. The Kier molecular flexibility index (Phi) is 4.67. The highest BCUT2D eigenvalue weighted by Crippen LogP contribution is 2.30. The van der Waals surface area contributed by atoms with Gasteiger partial charge in [-0.2, -0.15) is 0 Å². The summed E-state index contributed by atoms with van der Waals surface area (Å²) < 4.78 is 36.7. The molecule has 0 aliphatic heterocycles. The van der Waals surface area contributed by atoms with E-state index in [4.69, 9.17) is 20.9 Å². The van der Waals surface area contributed by atoms with E-state index < -0.39 is 17.5 Å². The van der Waals surface area contributed by atoms with Crippen molar-refractivity contribution in [3.63, 3.8) is 0 Å². The third kappa shape index (κ3) is 3.46. The highest BCUT2D eigenvalue weighted by molar-refractivity contribution is 6.31. The summed E-state index contributed by atoms with van der Waals surface area (Å²) in [5.41, 5.74) is 0.574. The van der Waals surface area contributed by atoms with Crippen LogP contribution in [-0.4, -0.2) is 18.2 Å². The van der Waals surface area contributed by atoms with Gasteiger partial charge in [0.15, 0.2) is 17.4 Å².